The molecule has 1 saturated heterocycles. The molecular weight excluding hydrogens is 290 g/mol. The predicted molar refractivity (Wildman–Crippen MR) is 69.9 cm³/mol. The number of halogens is 1. The van der Waals surface area contributed by atoms with Crippen molar-refractivity contribution in [2.75, 3.05) is 31.8 Å². The number of hydrogen-bond donors (Lipinski definition) is 0. The highest BCUT2D eigenvalue weighted by molar-refractivity contribution is 6.33. The van der Waals surface area contributed by atoms with Crippen LogP contribution in [0.2, 0.25) is 5.02 Å². The number of nitro groups is 1. The van der Waals surface area contributed by atoms with E-state index in [1.807, 2.05) is 0 Å². The van der Waals surface area contributed by atoms with Gasteiger partial charge in [0, 0.05) is 12.6 Å². The van der Waals surface area contributed by atoms with E-state index < -0.39 is 16.9 Å². The molecular formula is C11H12ClN3O5. The van der Waals surface area contributed by atoms with E-state index in [1.165, 1.54) is 13.2 Å². The van der Waals surface area contributed by atoms with Crippen LogP contribution in [0.25, 0.3) is 0 Å². The lowest BCUT2D eigenvalue weighted by atomic mass is 10.2. The fourth-order valence-corrected chi connectivity index (χ4v) is 2.19. The first-order chi connectivity index (χ1) is 9.54. The third kappa shape index (κ3) is 2.81. The first-order valence-electron chi connectivity index (χ1n) is 5.76. The molecule has 1 aromatic rings. The van der Waals surface area contributed by atoms with E-state index in [2.05, 4.69) is 4.98 Å². The maximum Gasteiger partial charge on any atom is 0.330 e. The number of esters is 1. The Morgan fingerprint density at radius 1 is 1.70 bits per heavy atom. The number of aromatic nitrogens is 1. The molecule has 20 heavy (non-hydrogen) atoms. The number of methoxy groups -OCH3 is 1. The van der Waals surface area contributed by atoms with E-state index in [0.717, 1.165) is 6.20 Å². The van der Waals surface area contributed by atoms with Crippen molar-refractivity contribution in [3.05, 3.63) is 27.4 Å². The topological polar surface area (TPSA) is 94.8 Å². The quantitative estimate of drug-likeness (QED) is 0.467. The zero-order valence-electron chi connectivity index (χ0n) is 10.6. The van der Waals surface area contributed by atoms with Crippen LogP contribution in [0.3, 0.4) is 0 Å². The summed E-state index contributed by atoms with van der Waals surface area (Å²) in [6, 6.07) is 0.536. The lowest BCUT2D eigenvalue weighted by Gasteiger charge is -2.34. The van der Waals surface area contributed by atoms with Crippen LogP contribution >= 0.6 is 11.6 Å². The number of hydrogen-bond acceptors (Lipinski definition) is 7. The van der Waals surface area contributed by atoms with E-state index in [-0.39, 0.29) is 17.3 Å². The van der Waals surface area contributed by atoms with Crippen molar-refractivity contribution in [3.63, 3.8) is 0 Å². The molecule has 2 rings (SSSR count). The highest BCUT2D eigenvalue weighted by atomic mass is 35.5. The van der Waals surface area contributed by atoms with Gasteiger partial charge < -0.3 is 14.4 Å². The molecule has 2 heterocycles. The van der Waals surface area contributed by atoms with Crippen molar-refractivity contribution >= 4 is 29.1 Å². The van der Waals surface area contributed by atoms with Crippen molar-refractivity contribution in [2.45, 2.75) is 6.04 Å². The van der Waals surface area contributed by atoms with Crippen LogP contribution in [-0.4, -0.2) is 48.8 Å². The molecule has 0 N–H and O–H groups in total. The molecule has 0 bridgehead atoms. The number of rotatable bonds is 3. The van der Waals surface area contributed by atoms with Crippen LogP contribution in [0.4, 0.5) is 11.5 Å². The third-order valence-corrected chi connectivity index (χ3v) is 3.17. The minimum absolute atomic E-state index is 0.106. The Morgan fingerprint density at radius 2 is 2.45 bits per heavy atom. The van der Waals surface area contributed by atoms with Crippen molar-refractivity contribution < 1.29 is 19.2 Å². The summed E-state index contributed by atoms with van der Waals surface area (Å²) < 4.78 is 9.94. The van der Waals surface area contributed by atoms with E-state index >= 15 is 0 Å². The van der Waals surface area contributed by atoms with Gasteiger partial charge in [-0.05, 0) is 0 Å². The summed E-state index contributed by atoms with van der Waals surface area (Å²) in [5.74, 6) is -0.170. The van der Waals surface area contributed by atoms with Gasteiger partial charge in [-0.15, -0.1) is 0 Å². The summed E-state index contributed by atoms with van der Waals surface area (Å²) >= 11 is 6.02. The Morgan fingerprint density at radius 3 is 3.05 bits per heavy atom. The zero-order valence-corrected chi connectivity index (χ0v) is 11.4. The van der Waals surface area contributed by atoms with Crippen LogP contribution < -0.4 is 4.90 Å². The molecule has 0 amide bonds. The number of carbonyl (C=O) groups is 1. The molecule has 9 heteroatoms. The van der Waals surface area contributed by atoms with Crippen LogP contribution in [0.1, 0.15) is 0 Å². The summed E-state index contributed by atoms with van der Waals surface area (Å²) in [7, 11) is 1.28. The molecule has 1 aliphatic rings. The van der Waals surface area contributed by atoms with Crippen LogP contribution in [0.15, 0.2) is 12.3 Å². The van der Waals surface area contributed by atoms with E-state index in [9.17, 15) is 14.9 Å². The Labute approximate surface area is 119 Å². The molecule has 108 valence electrons. The minimum Gasteiger partial charge on any atom is -0.467 e. The van der Waals surface area contributed by atoms with Gasteiger partial charge in [0.1, 0.15) is 12.0 Å². The Bertz CT molecular complexity index is 539. The van der Waals surface area contributed by atoms with Gasteiger partial charge in [0.05, 0.1) is 30.3 Å². The fourth-order valence-electron chi connectivity index (χ4n) is 1.92. The second kappa shape index (κ2) is 6.02. The second-order valence-corrected chi connectivity index (χ2v) is 4.47. The number of ether oxygens (including phenoxy) is 2. The number of pyridine rings is 1. The van der Waals surface area contributed by atoms with Crippen molar-refractivity contribution in [2.24, 2.45) is 0 Å². The Kier molecular flexibility index (Phi) is 4.35. The molecule has 1 aromatic heterocycles. The van der Waals surface area contributed by atoms with Gasteiger partial charge in [0.15, 0.2) is 6.04 Å². The lowest BCUT2D eigenvalue weighted by Crippen LogP contribution is -2.51. The highest BCUT2D eigenvalue weighted by Gasteiger charge is 2.32. The Hall–Kier alpha value is -1.93. The predicted octanol–water partition coefficient (Wildman–Crippen LogP) is 1.02. The largest absolute Gasteiger partial charge is 0.467 e. The smallest absolute Gasteiger partial charge is 0.330 e. The molecule has 0 spiro atoms. The van der Waals surface area contributed by atoms with Crippen molar-refractivity contribution in [3.8, 4) is 0 Å². The number of morpholine rings is 1. The van der Waals surface area contributed by atoms with Gasteiger partial charge in [0.25, 0.3) is 5.69 Å². The first-order valence-corrected chi connectivity index (χ1v) is 6.14. The average molecular weight is 302 g/mol. The van der Waals surface area contributed by atoms with Gasteiger partial charge in [-0.25, -0.2) is 9.78 Å². The number of anilines is 1. The molecule has 8 nitrogen and oxygen atoms in total. The van der Waals surface area contributed by atoms with Crippen LogP contribution in [-0.2, 0) is 14.3 Å². The van der Waals surface area contributed by atoms with Gasteiger partial charge in [-0.1, -0.05) is 11.6 Å². The van der Waals surface area contributed by atoms with E-state index in [1.54, 1.807) is 4.90 Å². The van der Waals surface area contributed by atoms with E-state index in [4.69, 9.17) is 21.1 Å². The summed E-state index contributed by atoms with van der Waals surface area (Å²) in [6.07, 6.45) is 1.10. The van der Waals surface area contributed by atoms with Crippen LogP contribution in [0.5, 0.6) is 0 Å². The maximum atomic E-state index is 11.7. The number of carbonyl (C=O) groups excluding carboxylic acids is 1. The third-order valence-electron chi connectivity index (χ3n) is 2.89. The molecule has 0 aromatic carbocycles. The average Bonchev–Trinajstić information content (AvgIpc) is 2.46. The summed E-state index contributed by atoms with van der Waals surface area (Å²) in [6.45, 7) is 0.953. The summed E-state index contributed by atoms with van der Waals surface area (Å²) in [4.78, 5) is 27.4. The molecule has 0 saturated carbocycles. The molecule has 1 aliphatic heterocycles. The van der Waals surface area contributed by atoms with Gasteiger partial charge in [-0.3, -0.25) is 10.1 Å². The molecule has 1 fully saturated rings. The molecule has 0 radical (unpaired) electrons. The molecule has 0 aliphatic carbocycles. The second-order valence-electron chi connectivity index (χ2n) is 4.06. The first kappa shape index (κ1) is 14.5. The highest BCUT2D eigenvalue weighted by Crippen LogP contribution is 2.29. The number of nitrogens with zero attached hydrogens (tertiary/aromatic N) is 3. The lowest BCUT2D eigenvalue weighted by molar-refractivity contribution is -0.385. The summed E-state index contributed by atoms with van der Waals surface area (Å²) in [5.41, 5.74) is -0.207. The van der Waals surface area contributed by atoms with Gasteiger partial charge >= 0.3 is 5.97 Å². The van der Waals surface area contributed by atoms with Crippen molar-refractivity contribution in [1.82, 2.24) is 4.98 Å². The fraction of sp³-hybridized carbons (Fsp3) is 0.455. The summed E-state index contributed by atoms with van der Waals surface area (Å²) in [5, 5.41) is 10.8. The standard InChI is InChI=1S/C11H12ClN3O5/c1-19-11(16)9-6-20-3-2-14(9)10-8(12)4-7(5-13-10)15(17)18/h4-5,9H,2-3,6H2,1H3. The maximum absolute atomic E-state index is 11.7. The Balaban J connectivity index is 2.32. The molecule has 1 unspecified atom stereocenters. The normalized spacial score (nSPS) is 18.7. The van der Waals surface area contributed by atoms with E-state index in [0.29, 0.717) is 19.0 Å². The van der Waals surface area contributed by atoms with Gasteiger partial charge in [0.2, 0.25) is 0 Å². The van der Waals surface area contributed by atoms with Gasteiger partial charge in [-0.2, -0.15) is 0 Å². The van der Waals surface area contributed by atoms with Crippen LogP contribution in [0, 0.1) is 10.1 Å². The SMILES string of the molecule is COC(=O)C1COCCN1c1ncc([N+](=O)[O-])cc1Cl. The zero-order chi connectivity index (χ0) is 14.7. The minimum atomic E-state index is -0.666. The monoisotopic (exact) mass is 301 g/mol. The van der Waals surface area contributed by atoms with Crippen molar-refractivity contribution in [1.29, 1.82) is 0 Å². The molecule has 1 atom stereocenters.